The van der Waals surface area contributed by atoms with Gasteiger partial charge in [0, 0.05) is 30.8 Å². The molecular formula is C34H32F5N3O2. The number of aromatic nitrogens is 2. The van der Waals surface area contributed by atoms with E-state index in [1.54, 1.807) is 9.47 Å². The summed E-state index contributed by atoms with van der Waals surface area (Å²) < 4.78 is 68.7. The standard InChI is InChI=1S/C34H32F5N3O2/c1-2-19-41(20-22-9-11-23(12-10-22)24-13-16-26(17-14-24)34(37,38)39)31(43)21-42-29-8-4-6-27(29)33(44)40-30(42)18-15-25-5-3-7-28(35)32(25)36/h3,5,7,9-14,16-17H,2,4,6,8,15,18-21H2,1H3. The van der Waals surface area contributed by atoms with Crippen LogP contribution in [0.15, 0.2) is 71.5 Å². The molecule has 0 saturated carbocycles. The van der Waals surface area contributed by atoms with Gasteiger partial charge in [0.1, 0.15) is 12.4 Å². The number of nitrogens with zero attached hydrogens (tertiary/aromatic N) is 3. The minimum Gasteiger partial charge on any atom is -0.337 e. The normalized spacial score (nSPS) is 12.8. The highest BCUT2D eigenvalue weighted by molar-refractivity contribution is 5.76. The van der Waals surface area contributed by atoms with Crippen LogP contribution in [0.2, 0.25) is 0 Å². The molecule has 5 rings (SSSR count). The Morgan fingerprint density at radius 1 is 0.932 bits per heavy atom. The zero-order chi connectivity index (χ0) is 31.4. The Morgan fingerprint density at radius 2 is 1.61 bits per heavy atom. The number of hydrogen-bond acceptors (Lipinski definition) is 3. The third-order valence-corrected chi connectivity index (χ3v) is 7.98. The molecule has 0 aliphatic heterocycles. The summed E-state index contributed by atoms with van der Waals surface area (Å²) in [4.78, 5) is 32.5. The molecule has 0 saturated heterocycles. The highest BCUT2D eigenvalue weighted by Crippen LogP contribution is 2.31. The first-order valence-electron chi connectivity index (χ1n) is 14.6. The number of fused-ring (bicyclic) bond motifs is 1. The maximum atomic E-state index is 14.3. The van der Waals surface area contributed by atoms with Crippen LogP contribution in [0.25, 0.3) is 11.1 Å². The molecule has 10 heteroatoms. The zero-order valence-corrected chi connectivity index (χ0v) is 24.3. The molecule has 4 aromatic rings. The summed E-state index contributed by atoms with van der Waals surface area (Å²) >= 11 is 0. The van der Waals surface area contributed by atoms with Crippen molar-refractivity contribution < 1.29 is 26.7 Å². The summed E-state index contributed by atoms with van der Waals surface area (Å²) in [6, 6.07) is 16.3. The molecule has 1 heterocycles. The lowest BCUT2D eigenvalue weighted by Crippen LogP contribution is -2.36. The van der Waals surface area contributed by atoms with Gasteiger partial charge in [0.25, 0.3) is 5.56 Å². The number of hydrogen-bond donors (Lipinski definition) is 0. The first kappa shape index (κ1) is 31.1. The number of halogens is 5. The number of carbonyl (C=O) groups excluding carboxylic acids is 1. The van der Waals surface area contributed by atoms with Crippen molar-refractivity contribution in [1.29, 1.82) is 0 Å². The van der Waals surface area contributed by atoms with Gasteiger partial charge in [-0.2, -0.15) is 18.2 Å². The molecule has 0 radical (unpaired) electrons. The van der Waals surface area contributed by atoms with Crippen LogP contribution >= 0.6 is 0 Å². The molecule has 1 aliphatic rings. The fraction of sp³-hybridized carbons (Fsp3) is 0.324. The van der Waals surface area contributed by atoms with Gasteiger partial charge in [-0.25, -0.2) is 8.78 Å². The summed E-state index contributed by atoms with van der Waals surface area (Å²) in [7, 11) is 0. The maximum Gasteiger partial charge on any atom is 0.416 e. The lowest BCUT2D eigenvalue weighted by atomic mass is 10.0. The summed E-state index contributed by atoms with van der Waals surface area (Å²) in [5, 5.41) is 0. The van der Waals surface area contributed by atoms with Gasteiger partial charge in [-0.15, -0.1) is 0 Å². The topological polar surface area (TPSA) is 55.2 Å². The molecule has 1 aliphatic carbocycles. The van der Waals surface area contributed by atoms with Crippen LogP contribution in [0, 0.1) is 11.6 Å². The number of rotatable bonds is 10. The van der Waals surface area contributed by atoms with E-state index in [1.165, 1.54) is 24.3 Å². The monoisotopic (exact) mass is 609 g/mol. The van der Waals surface area contributed by atoms with Crippen molar-refractivity contribution in [3.05, 3.63) is 122 Å². The molecule has 3 aromatic carbocycles. The van der Waals surface area contributed by atoms with Gasteiger partial charge in [0.2, 0.25) is 5.91 Å². The Bertz CT molecular complexity index is 1700. The van der Waals surface area contributed by atoms with E-state index in [-0.39, 0.29) is 36.4 Å². The first-order chi connectivity index (χ1) is 21.0. The average Bonchev–Trinajstić information content (AvgIpc) is 3.50. The van der Waals surface area contributed by atoms with Crippen LogP contribution in [-0.2, 0) is 49.7 Å². The van der Waals surface area contributed by atoms with Gasteiger partial charge in [-0.1, -0.05) is 55.5 Å². The third-order valence-electron chi connectivity index (χ3n) is 7.98. The van der Waals surface area contributed by atoms with Gasteiger partial charge in [0.05, 0.1) is 5.56 Å². The van der Waals surface area contributed by atoms with Crippen LogP contribution < -0.4 is 5.56 Å². The van der Waals surface area contributed by atoms with Gasteiger partial charge in [0.15, 0.2) is 11.6 Å². The third kappa shape index (κ3) is 6.90. The van der Waals surface area contributed by atoms with Crippen LogP contribution in [0.3, 0.4) is 0 Å². The smallest absolute Gasteiger partial charge is 0.337 e. The lowest BCUT2D eigenvalue weighted by Gasteiger charge is -2.25. The zero-order valence-electron chi connectivity index (χ0n) is 24.3. The van der Waals surface area contributed by atoms with Crippen molar-refractivity contribution in [2.45, 2.75) is 64.7 Å². The largest absolute Gasteiger partial charge is 0.416 e. The van der Waals surface area contributed by atoms with Gasteiger partial charge in [-0.05, 0) is 72.6 Å². The molecule has 1 aromatic heterocycles. The van der Waals surface area contributed by atoms with Gasteiger partial charge in [-0.3, -0.25) is 9.59 Å². The quantitative estimate of drug-likeness (QED) is 0.184. The molecule has 0 bridgehead atoms. The Hall–Kier alpha value is -4.34. The molecule has 0 N–H and O–H groups in total. The Kier molecular flexibility index (Phi) is 9.27. The average molecular weight is 610 g/mol. The van der Waals surface area contributed by atoms with Crippen molar-refractivity contribution in [3.63, 3.8) is 0 Å². The molecule has 5 nitrogen and oxygen atoms in total. The molecule has 1 amide bonds. The predicted molar refractivity (Wildman–Crippen MR) is 157 cm³/mol. The van der Waals surface area contributed by atoms with Crippen LogP contribution in [0.5, 0.6) is 0 Å². The number of carbonyl (C=O) groups is 1. The summed E-state index contributed by atoms with van der Waals surface area (Å²) in [5.74, 6) is -1.68. The molecule has 44 heavy (non-hydrogen) atoms. The highest BCUT2D eigenvalue weighted by atomic mass is 19.4. The summed E-state index contributed by atoms with van der Waals surface area (Å²) in [5.41, 5.74) is 2.75. The van der Waals surface area contributed by atoms with Crippen molar-refractivity contribution in [2.75, 3.05) is 6.54 Å². The van der Waals surface area contributed by atoms with E-state index in [4.69, 9.17) is 0 Å². The second kappa shape index (κ2) is 13.1. The lowest BCUT2D eigenvalue weighted by molar-refractivity contribution is -0.137. The summed E-state index contributed by atoms with van der Waals surface area (Å²) in [6.45, 7) is 2.73. The number of alkyl halides is 3. The number of amides is 1. The van der Waals surface area contributed by atoms with E-state index in [2.05, 4.69) is 4.98 Å². The maximum absolute atomic E-state index is 14.3. The number of aryl methyl sites for hydroxylation is 2. The minimum absolute atomic E-state index is 0.0415. The second-order valence-electron chi connectivity index (χ2n) is 11.0. The van der Waals surface area contributed by atoms with Crippen LogP contribution in [0.4, 0.5) is 22.0 Å². The minimum atomic E-state index is -4.40. The Balaban J connectivity index is 1.34. The summed E-state index contributed by atoms with van der Waals surface area (Å²) in [6.07, 6.45) is -1.43. The van der Waals surface area contributed by atoms with Crippen LogP contribution in [-0.4, -0.2) is 26.9 Å². The second-order valence-corrected chi connectivity index (χ2v) is 11.0. The molecule has 230 valence electrons. The van der Waals surface area contributed by atoms with Crippen LogP contribution in [0.1, 0.15) is 53.5 Å². The van der Waals surface area contributed by atoms with Gasteiger partial charge >= 0.3 is 6.18 Å². The fourth-order valence-corrected chi connectivity index (χ4v) is 5.69. The fourth-order valence-electron chi connectivity index (χ4n) is 5.69. The van der Waals surface area contributed by atoms with Crippen molar-refractivity contribution in [2.24, 2.45) is 0 Å². The Labute approximate surface area is 252 Å². The van der Waals surface area contributed by atoms with Crippen molar-refractivity contribution >= 4 is 5.91 Å². The molecule has 0 fully saturated rings. The van der Waals surface area contributed by atoms with Gasteiger partial charge < -0.3 is 9.47 Å². The molecule has 0 atom stereocenters. The van der Waals surface area contributed by atoms with E-state index < -0.39 is 23.4 Å². The predicted octanol–water partition coefficient (Wildman–Crippen LogP) is 6.92. The van der Waals surface area contributed by atoms with E-state index in [1.807, 2.05) is 31.2 Å². The Morgan fingerprint density at radius 3 is 2.27 bits per heavy atom. The van der Waals surface area contributed by atoms with Crippen molar-refractivity contribution in [3.8, 4) is 11.1 Å². The highest BCUT2D eigenvalue weighted by Gasteiger charge is 2.30. The van der Waals surface area contributed by atoms with Crippen molar-refractivity contribution in [1.82, 2.24) is 14.5 Å². The first-order valence-corrected chi connectivity index (χ1v) is 14.6. The molecular weight excluding hydrogens is 577 g/mol. The van der Waals surface area contributed by atoms with E-state index >= 15 is 0 Å². The van der Waals surface area contributed by atoms with E-state index in [0.29, 0.717) is 49.3 Å². The SMILES string of the molecule is CCCN(Cc1ccc(-c2ccc(C(F)(F)F)cc2)cc1)C(=O)Cn1c(CCc2cccc(F)c2F)nc(=O)c2c1CCC2. The van der Waals surface area contributed by atoms with E-state index in [0.717, 1.165) is 41.4 Å². The molecule has 0 spiro atoms. The van der Waals surface area contributed by atoms with E-state index in [9.17, 15) is 31.5 Å². The molecule has 0 unspecified atom stereocenters. The number of benzene rings is 3.